The molecule has 0 spiro atoms. The number of carbonyl (C=O) groups excluding carboxylic acids is 2. The monoisotopic (exact) mass is 392 g/mol. The molecule has 1 saturated heterocycles. The molecular weight excluding hydrogens is 368 g/mol. The number of ether oxygens (including phenoxy) is 2. The molecule has 3 aliphatic rings. The number of amides is 2. The first-order chi connectivity index (χ1) is 14.1. The minimum Gasteiger partial charge on any atom is -0.486 e. The molecule has 3 aliphatic heterocycles. The first-order valence-electron chi connectivity index (χ1n) is 10.2. The zero-order valence-electron chi connectivity index (χ0n) is 16.5. The Morgan fingerprint density at radius 1 is 1.07 bits per heavy atom. The number of hydrogen-bond donors (Lipinski definition) is 0. The maximum Gasteiger partial charge on any atom is 0.232 e. The molecule has 29 heavy (non-hydrogen) atoms. The second kappa shape index (κ2) is 7.10. The van der Waals surface area contributed by atoms with E-state index in [-0.39, 0.29) is 30.2 Å². The lowest BCUT2D eigenvalue weighted by molar-refractivity contribution is -0.124. The Labute approximate surface area is 170 Å². The van der Waals surface area contributed by atoms with Gasteiger partial charge in [-0.2, -0.15) is 0 Å². The summed E-state index contributed by atoms with van der Waals surface area (Å²) in [5, 5.41) is 0. The van der Waals surface area contributed by atoms with Crippen molar-refractivity contribution in [3.63, 3.8) is 0 Å². The van der Waals surface area contributed by atoms with Crippen LogP contribution in [0.3, 0.4) is 0 Å². The number of anilines is 2. The molecule has 2 atom stereocenters. The lowest BCUT2D eigenvalue weighted by atomic mass is 9.94. The summed E-state index contributed by atoms with van der Waals surface area (Å²) in [6.07, 6.45) is 2.15. The van der Waals surface area contributed by atoms with Crippen molar-refractivity contribution in [1.82, 2.24) is 0 Å². The largest absolute Gasteiger partial charge is 0.486 e. The van der Waals surface area contributed by atoms with Gasteiger partial charge in [0.05, 0.1) is 5.92 Å². The number of benzene rings is 2. The lowest BCUT2D eigenvalue weighted by Crippen LogP contribution is -2.45. The maximum absolute atomic E-state index is 13.4. The third-order valence-corrected chi connectivity index (χ3v) is 6.07. The summed E-state index contributed by atoms with van der Waals surface area (Å²) in [6, 6.07) is 13.7. The molecule has 2 amide bonds. The van der Waals surface area contributed by atoms with Crippen molar-refractivity contribution >= 4 is 23.2 Å². The molecule has 6 nitrogen and oxygen atoms in total. The molecule has 5 rings (SSSR count). The summed E-state index contributed by atoms with van der Waals surface area (Å²) < 4.78 is 11.2. The molecule has 3 heterocycles. The Balaban J connectivity index is 1.39. The van der Waals surface area contributed by atoms with Crippen LogP contribution in [0.15, 0.2) is 42.5 Å². The molecule has 0 aliphatic carbocycles. The molecule has 2 aromatic rings. The van der Waals surface area contributed by atoms with E-state index in [0.717, 1.165) is 24.2 Å². The predicted molar refractivity (Wildman–Crippen MR) is 110 cm³/mol. The molecule has 1 fully saturated rings. The number of aryl methyl sites for hydroxylation is 1. The van der Waals surface area contributed by atoms with E-state index >= 15 is 0 Å². The van der Waals surface area contributed by atoms with E-state index in [1.54, 1.807) is 4.90 Å². The zero-order valence-corrected chi connectivity index (χ0v) is 16.5. The van der Waals surface area contributed by atoms with Gasteiger partial charge in [-0.25, -0.2) is 0 Å². The fourth-order valence-corrected chi connectivity index (χ4v) is 4.54. The number of hydrogen-bond acceptors (Lipinski definition) is 4. The van der Waals surface area contributed by atoms with Gasteiger partial charge in [-0.05, 0) is 43.5 Å². The number of carbonyl (C=O) groups is 2. The van der Waals surface area contributed by atoms with Crippen molar-refractivity contribution in [2.24, 2.45) is 5.92 Å². The molecule has 0 radical (unpaired) electrons. The van der Waals surface area contributed by atoms with Gasteiger partial charge in [0, 0.05) is 36.4 Å². The van der Waals surface area contributed by atoms with E-state index in [1.165, 1.54) is 5.56 Å². The summed E-state index contributed by atoms with van der Waals surface area (Å²) in [4.78, 5) is 29.8. The molecule has 6 heteroatoms. The van der Waals surface area contributed by atoms with Crippen LogP contribution in [0.5, 0.6) is 11.5 Å². The van der Waals surface area contributed by atoms with E-state index in [1.807, 2.05) is 41.3 Å². The molecule has 2 aromatic carbocycles. The lowest BCUT2D eigenvalue weighted by Gasteiger charge is -2.36. The minimum atomic E-state index is -0.343. The Kier molecular flexibility index (Phi) is 4.42. The van der Waals surface area contributed by atoms with Crippen molar-refractivity contribution < 1.29 is 19.1 Å². The first-order valence-corrected chi connectivity index (χ1v) is 10.2. The van der Waals surface area contributed by atoms with E-state index < -0.39 is 0 Å². The van der Waals surface area contributed by atoms with Crippen molar-refractivity contribution in [1.29, 1.82) is 0 Å². The average Bonchev–Trinajstić information content (AvgIpc) is 3.14. The van der Waals surface area contributed by atoms with Crippen LogP contribution in [0.1, 0.15) is 25.3 Å². The predicted octanol–water partition coefficient (Wildman–Crippen LogP) is 3.18. The second-order valence-electron chi connectivity index (χ2n) is 7.96. The van der Waals surface area contributed by atoms with Crippen LogP contribution in [-0.2, 0) is 16.0 Å². The van der Waals surface area contributed by atoms with Gasteiger partial charge >= 0.3 is 0 Å². The summed E-state index contributed by atoms with van der Waals surface area (Å²) in [5.74, 6) is 1.01. The van der Waals surface area contributed by atoms with Gasteiger partial charge in [-0.15, -0.1) is 0 Å². The third kappa shape index (κ3) is 3.12. The maximum atomic E-state index is 13.4. The van der Waals surface area contributed by atoms with Crippen LogP contribution in [0.4, 0.5) is 11.4 Å². The van der Waals surface area contributed by atoms with Crippen LogP contribution in [0, 0.1) is 5.92 Å². The van der Waals surface area contributed by atoms with E-state index in [0.29, 0.717) is 31.3 Å². The minimum absolute atomic E-state index is 0.0297. The molecular formula is C23H24N2O4. The molecule has 0 bridgehead atoms. The zero-order chi connectivity index (χ0) is 20.0. The topological polar surface area (TPSA) is 59.1 Å². The van der Waals surface area contributed by atoms with E-state index in [4.69, 9.17) is 9.47 Å². The smallest absolute Gasteiger partial charge is 0.232 e. The van der Waals surface area contributed by atoms with Gasteiger partial charge in [0.15, 0.2) is 11.5 Å². The highest BCUT2D eigenvalue weighted by Crippen LogP contribution is 2.37. The molecule has 0 aromatic heterocycles. The second-order valence-corrected chi connectivity index (χ2v) is 7.96. The van der Waals surface area contributed by atoms with Crippen molar-refractivity contribution in [3.05, 3.63) is 48.0 Å². The Hall–Kier alpha value is -3.02. The number of nitrogens with zero attached hydrogens (tertiary/aromatic N) is 2. The van der Waals surface area contributed by atoms with Gasteiger partial charge < -0.3 is 19.3 Å². The van der Waals surface area contributed by atoms with Gasteiger partial charge in [0.1, 0.15) is 13.2 Å². The molecule has 2 unspecified atom stereocenters. The molecule has 150 valence electrons. The standard InChI is InChI=1S/C23H24N2O4/c1-15-6-7-16-4-2-3-5-19(16)25(15)23(27)17-12-22(26)24(14-17)18-8-9-20-21(13-18)29-11-10-28-20/h2-5,8-9,13,15,17H,6-7,10-12,14H2,1H3. The summed E-state index contributed by atoms with van der Waals surface area (Å²) >= 11 is 0. The third-order valence-electron chi connectivity index (χ3n) is 6.07. The van der Waals surface area contributed by atoms with Gasteiger partial charge in [0.25, 0.3) is 0 Å². The average molecular weight is 392 g/mol. The van der Waals surface area contributed by atoms with Crippen LogP contribution in [0.25, 0.3) is 0 Å². The van der Waals surface area contributed by atoms with Crippen molar-refractivity contribution in [3.8, 4) is 11.5 Å². The van der Waals surface area contributed by atoms with Crippen LogP contribution in [-0.4, -0.2) is 37.6 Å². The van der Waals surface area contributed by atoms with E-state index in [9.17, 15) is 9.59 Å². The van der Waals surface area contributed by atoms with Gasteiger partial charge in [0.2, 0.25) is 11.8 Å². The number of fused-ring (bicyclic) bond motifs is 2. The van der Waals surface area contributed by atoms with Crippen LogP contribution < -0.4 is 19.3 Å². The fraction of sp³-hybridized carbons (Fsp3) is 0.391. The fourth-order valence-electron chi connectivity index (χ4n) is 4.54. The van der Waals surface area contributed by atoms with E-state index in [2.05, 4.69) is 13.0 Å². The van der Waals surface area contributed by atoms with Crippen LogP contribution in [0.2, 0.25) is 0 Å². The molecule has 0 saturated carbocycles. The SMILES string of the molecule is CC1CCc2ccccc2N1C(=O)C1CC(=O)N(c2ccc3c(c2)OCCO3)C1. The normalized spacial score (nSPS) is 23.1. The Morgan fingerprint density at radius 3 is 2.72 bits per heavy atom. The summed E-state index contributed by atoms with van der Waals surface area (Å²) in [7, 11) is 0. The Morgan fingerprint density at radius 2 is 1.86 bits per heavy atom. The highest BCUT2D eigenvalue weighted by atomic mass is 16.6. The first kappa shape index (κ1) is 18.0. The van der Waals surface area contributed by atoms with Gasteiger partial charge in [-0.3, -0.25) is 9.59 Å². The van der Waals surface area contributed by atoms with Crippen LogP contribution >= 0.6 is 0 Å². The quantitative estimate of drug-likeness (QED) is 0.788. The van der Waals surface area contributed by atoms with Gasteiger partial charge in [-0.1, -0.05) is 18.2 Å². The summed E-state index contributed by atoms with van der Waals surface area (Å²) in [6.45, 7) is 3.50. The Bertz CT molecular complexity index is 973. The number of rotatable bonds is 2. The number of para-hydroxylation sites is 1. The van der Waals surface area contributed by atoms with Crippen molar-refractivity contribution in [2.45, 2.75) is 32.2 Å². The van der Waals surface area contributed by atoms with Crippen molar-refractivity contribution in [2.75, 3.05) is 29.6 Å². The molecule has 0 N–H and O–H groups in total. The highest BCUT2D eigenvalue weighted by Gasteiger charge is 2.40. The summed E-state index contributed by atoms with van der Waals surface area (Å²) in [5.41, 5.74) is 2.94. The highest BCUT2D eigenvalue weighted by molar-refractivity contribution is 6.05.